The molecule has 0 saturated carbocycles. The zero-order valence-corrected chi connectivity index (χ0v) is 11.6. The first kappa shape index (κ1) is 13.2. The number of ether oxygens (including phenoxy) is 1. The smallest absolute Gasteiger partial charge is 0.0844 e. The number of benzene rings is 1. The van der Waals surface area contributed by atoms with Crippen LogP contribution < -0.4 is 5.32 Å². The van der Waals surface area contributed by atoms with E-state index in [1.165, 1.54) is 16.0 Å². The van der Waals surface area contributed by atoms with Crippen LogP contribution in [0.2, 0.25) is 0 Å². The number of hydrogen-bond acceptors (Lipinski definition) is 4. The van der Waals surface area contributed by atoms with Gasteiger partial charge in [0, 0.05) is 30.6 Å². The Hall–Kier alpha value is -1.23. The molecule has 0 spiro atoms. The van der Waals surface area contributed by atoms with Crippen molar-refractivity contribution in [3.8, 4) is 11.3 Å². The highest BCUT2D eigenvalue weighted by Gasteiger charge is 2.03. The van der Waals surface area contributed by atoms with E-state index in [9.17, 15) is 0 Å². The number of rotatable bonds is 6. The first-order chi connectivity index (χ1) is 8.79. The fourth-order valence-electron chi connectivity index (χ4n) is 1.64. The molecule has 0 saturated heterocycles. The van der Waals surface area contributed by atoms with Crippen molar-refractivity contribution in [2.24, 2.45) is 0 Å². The molecule has 0 unspecified atom stereocenters. The van der Waals surface area contributed by atoms with Crippen LogP contribution in [-0.4, -0.2) is 24.6 Å². The van der Waals surface area contributed by atoms with E-state index in [0.29, 0.717) is 0 Å². The zero-order valence-electron chi connectivity index (χ0n) is 10.8. The van der Waals surface area contributed by atoms with Crippen LogP contribution in [0.1, 0.15) is 10.4 Å². The predicted octanol–water partition coefficient (Wildman–Crippen LogP) is 2.85. The molecule has 0 aliphatic carbocycles. The fourth-order valence-corrected chi connectivity index (χ4v) is 2.35. The molecule has 96 valence electrons. The Bertz CT molecular complexity index is 479. The SMILES string of the molecule is COCCNCc1cc(-c2ccc(C)cc2)ns1. The van der Waals surface area contributed by atoms with Gasteiger partial charge in [0.1, 0.15) is 0 Å². The third-order valence-corrected chi connectivity index (χ3v) is 3.47. The van der Waals surface area contributed by atoms with Crippen molar-refractivity contribution in [1.82, 2.24) is 9.69 Å². The molecular formula is C14H18N2OS. The molecule has 0 bridgehead atoms. The lowest BCUT2D eigenvalue weighted by Gasteiger charge is -2.00. The van der Waals surface area contributed by atoms with Crippen LogP contribution in [0.4, 0.5) is 0 Å². The van der Waals surface area contributed by atoms with Gasteiger partial charge in [-0.1, -0.05) is 29.8 Å². The zero-order chi connectivity index (χ0) is 12.8. The summed E-state index contributed by atoms with van der Waals surface area (Å²) in [4.78, 5) is 1.25. The standard InChI is InChI=1S/C14H18N2OS/c1-11-3-5-12(6-4-11)14-9-13(18-16-14)10-15-7-8-17-2/h3-6,9,15H,7-8,10H2,1-2H3. The van der Waals surface area contributed by atoms with E-state index in [2.05, 4.69) is 46.9 Å². The van der Waals surface area contributed by atoms with Crippen molar-refractivity contribution in [2.75, 3.05) is 20.3 Å². The fraction of sp³-hybridized carbons (Fsp3) is 0.357. The molecule has 2 rings (SSSR count). The lowest BCUT2D eigenvalue weighted by molar-refractivity contribution is 0.199. The molecule has 4 heteroatoms. The van der Waals surface area contributed by atoms with Gasteiger partial charge in [0.2, 0.25) is 0 Å². The third-order valence-electron chi connectivity index (χ3n) is 2.69. The minimum atomic E-state index is 0.740. The summed E-state index contributed by atoms with van der Waals surface area (Å²) in [6.07, 6.45) is 0. The average Bonchev–Trinajstić information content (AvgIpc) is 2.84. The maximum Gasteiger partial charge on any atom is 0.0844 e. The molecule has 0 aliphatic heterocycles. The summed E-state index contributed by atoms with van der Waals surface area (Å²) >= 11 is 1.55. The Labute approximate surface area is 112 Å². The second-order valence-corrected chi connectivity index (χ2v) is 5.10. The van der Waals surface area contributed by atoms with Gasteiger partial charge in [0.15, 0.2) is 0 Å². The molecule has 1 N–H and O–H groups in total. The van der Waals surface area contributed by atoms with Crippen LogP contribution in [0.5, 0.6) is 0 Å². The van der Waals surface area contributed by atoms with Crippen molar-refractivity contribution < 1.29 is 4.74 Å². The first-order valence-electron chi connectivity index (χ1n) is 6.02. The van der Waals surface area contributed by atoms with Crippen LogP contribution in [0.3, 0.4) is 0 Å². The van der Waals surface area contributed by atoms with E-state index < -0.39 is 0 Å². The summed E-state index contributed by atoms with van der Waals surface area (Å²) < 4.78 is 9.48. The summed E-state index contributed by atoms with van der Waals surface area (Å²) in [7, 11) is 1.71. The van der Waals surface area contributed by atoms with Crippen molar-refractivity contribution >= 4 is 11.5 Å². The van der Waals surface area contributed by atoms with Crippen molar-refractivity contribution in [3.05, 3.63) is 40.8 Å². The molecule has 0 atom stereocenters. The van der Waals surface area contributed by atoms with Gasteiger partial charge in [-0.25, -0.2) is 0 Å². The molecule has 0 amide bonds. The first-order valence-corrected chi connectivity index (χ1v) is 6.79. The molecule has 2 aromatic rings. The summed E-state index contributed by atoms with van der Waals surface area (Å²) in [5.41, 5.74) is 3.51. The van der Waals surface area contributed by atoms with Crippen LogP contribution in [0.15, 0.2) is 30.3 Å². The van der Waals surface area contributed by atoms with Crippen LogP contribution >= 0.6 is 11.5 Å². The Morgan fingerprint density at radius 3 is 2.78 bits per heavy atom. The number of hydrogen-bond donors (Lipinski definition) is 1. The van der Waals surface area contributed by atoms with Gasteiger partial charge < -0.3 is 10.1 Å². The van der Waals surface area contributed by atoms with E-state index in [1.807, 2.05) is 0 Å². The van der Waals surface area contributed by atoms with Gasteiger partial charge in [-0.05, 0) is 24.5 Å². The topological polar surface area (TPSA) is 34.1 Å². The molecule has 0 radical (unpaired) electrons. The van der Waals surface area contributed by atoms with E-state index in [4.69, 9.17) is 4.74 Å². The second kappa shape index (κ2) is 6.64. The van der Waals surface area contributed by atoms with E-state index in [0.717, 1.165) is 25.4 Å². The van der Waals surface area contributed by atoms with Crippen LogP contribution in [-0.2, 0) is 11.3 Å². The molecule has 1 aromatic heterocycles. The number of methoxy groups -OCH3 is 1. The van der Waals surface area contributed by atoms with Gasteiger partial charge in [0.05, 0.1) is 12.3 Å². The molecule has 1 heterocycles. The Morgan fingerprint density at radius 1 is 1.28 bits per heavy atom. The highest BCUT2D eigenvalue weighted by molar-refractivity contribution is 7.06. The highest BCUT2D eigenvalue weighted by Crippen LogP contribution is 2.22. The maximum absolute atomic E-state index is 4.99. The molecule has 3 nitrogen and oxygen atoms in total. The number of aromatic nitrogens is 1. The van der Waals surface area contributed by atoms with Gasteiger partial charge in [-0.15, -0.1) is 0 Å². The number of nitrogens with one attached hydrogen (secondary N) is 1. The Balaban J connectivity index is 1.95. The van der Waals surface area contributed by atoms with Gasteiger partial charge in [-0.3, -0.25) is 0 Å². The minimum absolute atomic E-state index is 0.740. The summed E-state index contributed by atoms with van der Waals surface area (Å²) in [5, 5.41) is 3.32. The highest BCUT2D eigenvalue weighted by atomic mass is 32.1. The largest absolute Gasteiger partial charge is 0.383 e. The Morgan fingerprint density at radius 2 is 2.06 bits per heavy atom. The number of nitrogens with zero attached hydrogens (tertiary/aromatic N) is 1. The van der Waals surface area contributed by atoms with Crippen LogP contribution in [0, 0.1) is 6.92 Å². The maximum atomic E-state index is 4.99. The van der Waals surface area contributed by atoms with E-state index in [1.54, 1.807) is 18.6 Å². The molecule has 0 fully saturated rings. The molecule has 0 aliphatic rings. The lowest BCUT2D eigenvalue weighted by Crippen LogP contribution is -2.17. The van der Waals surface area contributed by atoms with Gasteiger partial charge in [-0.2, -0.15) is 4.37 Å². The van der Waals surface area contributed by atoms with Gasteiger partial charge in [0.25, 0.3) is 0 Å². The normalized spacial score (nSPS) is 10.8. The van der Waals surface area contributed by atoms with E-state index >= 15 is 0 Å². The average molecular weight is 262 g/mol. The number of aryl methyl sites for hydroxylation is 1. The molecular weight excluding hydrogens is 244 g/mol. The summed E-state index contributed by atoms with van der Waals surface area (Å²) in [5.74, 6) is 0. The second-order valence-electron chi connectivity index (χ2n) is 4.21. The van der Waals surface area contributed by atoms with Crippen molar-refractivity contribution in [1.29, 1.82) is 0 Å². The molecule has 1 aromatic carbocycles. The predicted molar refractivity (Wildman–Crippen MR) is 75.9 cm³/mol. The van der Waals surface area contributed by atoms with E-state index in [-0.39, 0.29) is 0 Å². The van der Waals surface area contributed by atoms with Crippen molar-refractivity contribution in [3.63, 3.8) is 0 Å². The van der Waals surface area contributed by atoms with Crippen molar-refractivity contribution in [2.45, 2.75) is 13.5 Å². The lowest BCUT2D eigenvalue weighted by atomic mass is 10.1. The molecule has 18 heavy (non-hydrogen) atoms. The summed E-state index contributed by atoms with van der Waals surface area (Å²) in [6, 6.07) is 10.6. The summed E-state index contributed by atoms with van der Waals surface area (Å²) in [6.45, 7) is 4.56. The monoisotopic (exact) mass is 262 g/mol. The minimum Gasteiger partial charge on any atom is -0.383 e. The van der Waals surface area contributed by atoms with Gasteiger partial charge >= 0.3 is 0 Å². The van der Waals surface area contributed by atoms with Crippen LogP contribution in [0.25, 0.3) is 11.3 Å². The quantitative estimate of drug-likeness (QED) is 0.813. The third kappa shape index (κ3) is 3.63. The Kier molecular flexibility index (Phi) is 4.87.